The van der Waals surface area contributed by atoms with Crippen LogP contribution in [0.1, 0.15) is 19.3 Å². The first-order valence-electron chi connectivity index (χ1n) is 8.13. The van der Waals surface area contributed by atoms with E-state index in [1.54, 1.807) is 4.90 Å². The molecule has 1 aromatic rings. The summed E-state index contributed by atoms with van der Waals surface area (Å²) in [7, 11) is 1.92. The van der Waals surface area contributed by atoms with Crippen LogP contribution in [0.4, 0.5) is 5.69 Å². The lowest BCUT2D eigenvalue weighted by atomic mass is 10.0. The molecule has 3 rings (SSSR count). The predicted molar refractivity (Wildman–Crippen MR) is 101 cm³/mol. The molecule has 0 bridgehead atoms. The monoisotopic (exact) mass is 415 g/mol. The predicted octanol–water partition coefficient (Wildman–Crippen LogP) is 2.43. The van der Waals surface area contributed by atoms with Crippen molar-refractivity contribution in [2.75, 3.05) is 31.6 Å². The molecule has 1 aromatic carbocycles. The zero-order chi connectivity index (χ0) is 16.4. The van der Waals surface area contributed by atoms with Crippen LogP contribution in [0.15, 0.2) is 28.7 Å². The van der Waals surface area contributed by atoms with E-state index in [9.17, 15) is 9.59 Å². The summed E-state index contributed by atoms with van der Waals surface area (Å²) in [6, 6.07) is 8.00. The number of nitrogens with one attached hydrogen (secondary N) is 1. The zero-order valence-electron chi connectivity index (χ0n) is 13.7. The summed E-state index contributed by atoms with van der Waals surface area (Å²) in [5, 5.41) is 3.24. The van der Waals surface area contributed by atoms with Gasteiger partial charge in [0.2, 0.25) is 11.8 Å². The van der Waals surface area contributed by atoms with E-state index in [-0.39, 0.29) is 24.2 Å². The number of hydrogen-bond acceptors (Lipinski definition) is 3. The highest BCUT2D eigenvalue weighted by atomic mass is 79.9. The van der Waals surface area contributed by atoms with Gasteiger partial charge in [0.25, 0.3) is 0 Å². The molecule has 0 saturated carbocycles. The minimum Gasteiger partial charge on any atom is -0.340 e. The molecule has 0 aliphatic carbocycles. The standard InChI is InChI=1S/C17H22BrN3O2.ClH/c1-19-13-5-3-8-20(11-13)16(22)15-7-9-21(17(15)23)14-6-2-4-12(18)10-14;/h2,4,6,10,13,15,19H,3,5,7-9,11H2,1H3;1H. The van der Waals surface area contributed by atoms with Gasteiger partial charge in [-0.25, -0.2) is 0 Å². The highest BCUT2D eigenvalue weighted by Gasteiger charge is 2.40. The Balaban J connectivity index is 0.00000208. The highest BCUT2D eigenvalue weighted by Crippen LogP contribution is 2.29. The number of amides is 2. The first-order valence-corrected chi connectivity index (χ1v) is 8.92. The molecule has 0 radical (unpaired) electrons. The molecule has 2 heterocycles. The summed E-state index contributed by atoms with van der Waals surface area (Å²) in [6.45, 7) is 2.07. The van der Waals surface area contributed by atoms with Crippen molar-refractivity contribution < 1.29 is 9.59 Å². The molecule has 2 amide bonds. The molecule has 7 heteroatoms. The Labute approximate surface area is 157 Å². The lowest BCUT2D eigenvalue weighted by Gasteiger charge is -2.33. The average molecular weight is 417 g/mol. The van der Waals surface area contributed by atoms with Gasteiger partial charge in [0, 0.05) is 35.8 Å². The number of piperidine rings is 1. The van der Waals surface area contributed by atoms with E-state index in [2.05, 4.69) is 21.2 Å². The first kappa shape index (κ1) is 19.2. The third kappa shape index (κ3) is 3.92. The van der Waals surface area contributed by atoms with Crippen molar-refractivity contribution in [1.29, 1.82) is 0 Å². The molecule has 2 saturated heterocycles. The van der Waals surface area contributed by atoms with Crippen molar-refractivity contribution in [2.45, 2.75) is 25.3 Å². The van der Waals surface area contributed by atoms with Gasteiger partial charge in [0.05, 0.1) is 0 Å². The molecule has 1 N–H and O–H groups in total. The molecular weight excluding hydrogens is 394 g/mol. The topological polar surface area (TPSA) is 52.7 Å². The highest BCUT2D eigenvalue weighted by molar-refractivity contribution is 9.10. The van der Waals surface area contributed by atoms with Gasteiger partial charge >= 0.3 is 0 Å². The van der Waals surface area contributed by atoms with Gasteiger partial charge in [0.1, 0.15) is 5.92 Å². The Hall–Kier alpha value is -1.11. The van der Waals surface area contributed by atoms with E-state index in [0.29, 0.717) is 25.6 Å². The summed E-state index contributed by atoms with van der Waals surface area (Å²) < 4.78 is 0.936. The lowest BCUT2D eigenvalue weighted by Crippen LogP contribution is -2.49. The van der Waals surface area contributed by atoms with E-state index >= 15 is 0 Å². The summed E-state index contributed by atoms with van der Waals surface area (Å²) in [4.78, 5) is 29.0. The van der Waals surface area contributed by atoms with Crippen molar-refractivity contribution in [3.05, 3.63) is 28.7 Å². The van der Waals surface area contributed by atoms with Gasteiger partial charge in [0.15, 0.2) is 0 Å². The molecule has 5 nitrogen and oxygen atoms in total. The molecule has 2 aliphatic rings. The van der Waals surface area contributed by atoms with Crippen LogP contribution >= 0.6 is 28.3 Å². The quantitative estimate of drug-likeness (QED) is 0.770. The van der Waals surface area contributed by atoms with Crippen LogP contribution in [-0.4, -0.2) is 49.4 Å². The molecule has 24 heavy (non-hydrogen) atoms. The molecule has 2 atom stereocenters. The Bertz CT molecular complexity index is 613. The van der Waals surface area contributed by atoms with E-state index in [1.807, 2.05) is 36.2 Å². The molecule has 2 fully saturated rings. The first-order chi connectivity index (χ1) is 11.1. The maximum atomic E-state index is 12.8. The lowest BCUT2D eigenvalue weighted by molar-refractivity contribution is -0.140. The van der Waals surface area contributed by atoms with Crippen LogP contribution in [0.2, 0.25) is 0 Å². The maximum Gasteiger partial charge on any atom is 0.239 e. The van der Waals surface area contributed by atoms with Crippen LogP contribution in [0.5, 0.6) is 0 Å². The summed E-state index contributed by atoms with van der Waals surface area (Å²) in [5.74, 6) is -0.600. The number of likely N-dealkylation sites (N-methyl/N-ethyl adjacent to an activating group) is 1. The van der Waals surface area contributed by atoms with Gasteiger partial charge in [-0.15, -0.1) is 12.4 Å². The summed E-state index contributed by atoms with van der Waals surface area (Å²) in [6.07, 6.45) is 2.68. The summed E-state index contributed by atoms with van der Waals surface area (Å²) in [5.41, 5.74) is 0.853. The fourth-order valence-corrected chi connectivity index (χ4v) is 3.83. The van der Waals surface area contributed by atoms with Crippen LogP contribution in [0.25, 0.3) is 0 Å². The normalized spacial score (nSPS) is 24.0. The number of benzene rings is 1. The molecular formula is C17H23BrClN3O2. The number of likely N-dealkylation sites (tertiary alicyclic amines) is 1. The Kier molecular flexibility index (Phi) is 6.66. The summed E-state index contributed by atoms with van der Waals surface area (Å²) >= 11 is 3.43. The van der Waals surface area contributed by atoms with Crippen molar-refractivity contribution in [3.8, 4) is 0 Å². The second-order valence-electron chi connectivity index (χ2n) is 6.22. The minimum atomic E-state index is -0.524. The third-order valence-corrected chi connectivity index (χ3v) is 5.26. The SMILES string of the molecule is CNC1CCCN(C(=O)C2CCN(c3cccc(Br)c3)C2=O)C1.Cl. The average Bonchev–Trinajstić information content (AvgIpc) is 2.96. The van der Waals surface area contributed by atoms with E-state index in [4.69, 9.17) is 0 Å². The number of carbonyl (C=O) groups excluding carboxylic acids is 2. The van der Waals surface area contributed by atoms with Crippen molar-refractivity contribution in [2.24, 2.45) is 5.92 Å². The van der Waals surface area contributed by atoms with Gasteiger partial charge in [-0.1, -0.05) is 22.0 Å². The number of halogens is 2. The van der Waals surface area contributed by atoms with Crippen molar-refractivity contribution >= 4 is 45.8 Å². The number of nitrogens with zero attached hydrogens (tertiary/aromatic N) is 2. The Morgan fingerprint density at radius 3 is 2.79 bits per heavy atom. The van der Waals surface area contributed by atoms with E-state index < -0.39 is 5.92 Å². The fraction of sp³-hybridized carbons (Fsp3) is 0.529. The number of anilines is 1. The number of hydrogen-bond donors (Lipinski definition) is 1. The van der Waals surface area contributed by atoms with Gasteiger partial charge in [-0.3, -0.25) is 9.59 Å². The largest absolute Gasteiger partial charge is 0.340 e. The number of rotatable bonds is 3. The Morgan fingerprint density at radius 1 is 1.29 bits per heavy atom. The van der Waals surface area contributed by atoms with Crippen LogP contribution in [-0.2, 0) is 9.59 Å². The van der Waals surface area contributed by atoms with Crippen LogP contribution < -0.4 is 10.2 Å². The van der Waals surface area contributed by atoms with Crippen molar-refractivity contribution in [3.63, 3.8) is 0 Å². The van der Waals surface area contributed by atoms with Gasteiger partial charge in [-0.05, 0) is 44.5 Å². The number of carbonyl (C=O) groups is 2. The third-order valence-electron chi connectivity index (χ3n) is 4.76. The molecule has 2 aliphatic heterocycles. The molecule has 2 unspecified atom stereocenters. The Morgan fingerprint density at radius 2 is 2.08 bits per heavy atom. The van der Waals surface area contributed by atoms with E-state index in [0.717, 1.165) is 29.5 Å². The minimum absolute atomic E-state index is 0. The molecule has 132 valence electrons. The second kappa shape index (κ2) is 8.32. The zero-order valence-corrected chi connectivity index (χ0v) is 16.1. The van der Waals surface area contributed by atoms with E-state index in [1.165, 1.54) is 0 Å². The maximum absolute atomic E-state index is 12.8. The molecule has 0 aromatic heterocycles. The van der Waals surface area contributed by atoms with Crippen molar-refractivity contribution in [1.82, 2.24) is 10.2 Å². The smallest absolute Gasteiger partial charge is 0.239 e. The van der Waals surface area contributed by atoms with Crippen LogP contribution in [0, 0.1) is 5.92 Å². The fourth-order valence-electron chi connectivity index (χ4n) is 3.44. The van der Waals surface area contributed by atoms with Gasteiger partial charge in [-0.2, -0.15) is 0 Å². The second-order valence-corrected chi connectivity index (χ2v) is 7.14. The van der Waals surface area contributed by atoms with Crippen LogP contribution in [0.3, 0.4) is 0 Å². The van der Waals surface area contributed by atoms with Gasteiger partial charge < -0.3 is 15.1 Å². The molecule has 0 spiro atoms.